The lowest BCUT2D eigenvalue weighted by Crippen LogP contribution is -2.31. The molecule has 0 bridgehead atoms. The quantitative estimate of drug-likeness (QED) is 0.207. The van der Waals surface area contributed by atoms with E-state index >= 15 is 0 Å². The van der Waals surface area contributed by atoms with Crippen molar-refractivity contribution >= 4 is 27.6 Å². The first-order chi connectivity index (χ1) is 19.2. The number of aromatic nitrogens is 1. The lowest BCUT2D eigenvalue weighted by molar-refractivity contribution is -0.660. The topological polar surface area (TPSA) is 21.4 Å². The van der Waals surface area contributed by atoms with E-state index in [2.05, 4.69) is 4.85 Å². The minimum absolute atomic E-state index is 0.0783. The van der Waals surface area contributed by atoms with E-state index < -0.39 is 36.6 Å². The van der Waals surface area contributed by atoms with E-state index in [0.29, 0.717) is 27.6 Å². The Morgan fingerprint density at radius 3 is 2.42 bits per heavy atom. The molecular weight excluding hydrogens is 404 g/mol. The molecule has 0 saturated heterocycles. The van der Waals surface area contributed by atoms with Gasteiger partial charge in [0, 0.05) is 31.2 Å². The molecule has 2 aromatic heterocycles. The number of fused-ring (bicyclic) bond motifs is 3. The molecule has 3 heteroatoms. The zero-order valence-electron chi connectivity index (χ0n) is 26.8. The zero-order valence-corrected chi connectivity index (χ0v) is 18.8. The summed E-state index contributed by atoms with van der Waals surface area (Å²) in [6.07, 6.45) is -0.185. The van der Waals surface area contributed by atoms with Crippen molar-refractivity contribution in [1.29, 1.82) is 0 Å². The highest BCUT2D eigenvalue weighted by Gasteiger charge is 2.23. The molecule has 0 atom stereocenters. The highest BCUT2D eigenvalue weighted by Crippen LogP contribution is 2.44. The summed E-state index contributed by atoms with van der Waals surface area (Å²) in [7, 11) is 1.78. The molecule has 0 amide bonds. The van der Waals surface area contributed by atoms with Crippen molar-refractivity contribution in [3.63, 3.8) is 0 Å². The fraction of sp³-hybridized carbons (Fsp3) is 0.200. The van der Waals surface area contributed by atoms with Crippen LogP contribution < -0.4 is 4.57 Å². The molecule has 0 aliphatic heterocycles. The molecule has 5 aromatic rings. The van der Waals surface area contributed by atoms with Gasteiger partial charge in [-0.2, -0.15) is 0 Å². The molecule has 0 aliphatic carbocycles. The van der Waals surface area contributed by atoms with Crippen LogP contribution in [0.25, 0.3) is 49.2 Å². The molecule has 2 heterocycles. The molecule has 3 nitrogen and oxygen atoms in total. The molecule has 3 aromatic carbocycles. The molecule has 0 unspecified atom stereocenters. The van der Waals surface area contributed by atoms with Gasteiger partial charge in [0.1, 0.15) is 18.2 Å². The number of benzene rings is 3. The minimum atomic E-state index is -1.76. The summed E-state index contributed by atoms with van der Waals surface area (Å²) in [5, 5.41) is 1.29. The van der Waals surface area contributed by atoms with Crippen LogP contribution in [0.15, 0.2) is 77.2 Å². The lowest BCUT2D eigenvalue weighted by atomic mass is 9.96. The van der Waals surface area contributed by atoms with Gasteiger partial charge in [-0.05, 0) is 35.9 Å². The molecule has 162 valence electrons. The van der Waals surface area contributed by atoms with E-state index in [-0.39, 0.29) is 39.9 Å². The van der Waals surface area contributed by atoms with Gasteiger partial charge in [-0.1, -0.05) is 68.3 Å². The SMILES string of the molecule is [2H]c1c[n+](C)c(-c2c(C)ccc3c2oc2c(-c4c([2H])c([2H])c([2H])c([2H])c4[2H])c([N+]#[C-])ccc23)cc1C([2H])([2H])C(C)C. The highest BCUT2D eigenvalue weighted by atomic mass is 16.3. The molecule has 0 aliphatic rings. The maximum absolute atomic E-state index is 8.66. The summed E-state index contributed by atoms with van der Waals surface area (Å²) >= 11 is 0. The van der Waals surface area contributed by atoms with Gasteiger partial charge >= 0.3 is 0 Å². The second-order valence-corrected chi connectivity index (χ2v) is 8.31. The van der Waals surface area contributed by atoms with Gasteiger partial charge in [0.05, 0.1) is 20.4 Å². The Balaban J connectivity index is 1.93. The number of furan rings is 1. The minimum Gasteiger partial charge on any atom is -0.456 e. The molecule has 0 spiro atoms. The van der Waals surface area contributed by atoms with Crippen LogP contribution in [0.4, 0.5) is 5.69 Å². The van der Waals surface area contributed by atoms with Crippen LogP contribution in [0, 0.1) is 19.4 Å². The molecule has 0 radical (unpaired) electrons. The summed E-state index contributed by atoms with van der Waals surface area (Å²) in [6.45, 7) is 13.2. The molecular formula is C30H27N2O+. The molecule has 33 heavy (non-hydrogen) atoms. The third-order valence-corrected chi connectivity index (χ3v) is 5.64. The van der Waals surface area contributed by atoms with E-state index in [0.717, 1.165) is 5.56 Å². The first-order valence-electron chi connectivity index (χ1n) is 14.7. The van der Waals surface area contributed by atoms with Crippen molar-refractivity contribution in [1.82, 2.24) is 0 Å². The van der Waals surface area contributed by atoms with Crippen molar-refractivity contribution in [3.05, 3.63) is 95.3 Å². The predicted molar refractivity (Wildman–Crippen MR) is 135 cm³/mol. The number of rotatable bonds is 4. The van der Waals surface area contributed by atoms with E-state index in [4.69, 9.17) is 22.0 Å². The van der Waals surface area contributed by atoms with Gasteiger partial charge < -0.3 is 4.42 Å². The first kappa shape index (κ1) is 13.6. The Morgan fingerprint density at radius 2 is 1.73 bits per heavy atom. The third-order valence-electron chi connectivity index (χ3n) is 5.64. The Labute approximate surface area is 206 Å². The number of aryl methyl sites for hydroxylation is 2. The monoisotopic (exact) mass is 439 g/mol. The van der Waals surface area contributed by atoms with Gasteiger partial charge in [0.2, 0.25) is 5.69 Å². The van der Waals surface area contributed by atoms with Crippen LogP contribution in [0.5, 0.6) is 0 Å². The Hall–Kier alpha value is -3.90. The molecule has 0 fully saturated rings. The largest absolute Gasteiger partial charge is 0.456 e. The Bertz CT molecular complexity index is 1920. The zero-order chi connectivity index (χ0) is 30.1. The maximum atomic E-state index is 8.66. The Morgan fingerprint density at radius 1 is 1.03 bits per heavy atom. The van der Waals surface area contributed by atoms with Crippen LogP contribution in [0.1, 0.15) is 35.9 Å². The average Bonchev–Trinajstić information content (AvgIpc) is 3.30. The van der Waals surface area contributed by atoms with Crippen molar-refractivity contribution in [2.24, 2.45) is 13.0 Å². The summed E-state index contributed by atoms with van der Waals surface area (Å²) < 4.78 is 75.5. The van der Waals surface area contributed by atoms with Crippen LogP contribution in [-0.2, 0) is 13.4 Å². The lowest BCUT2D eigenvalue weighted by Gasteiger charge is -2.09. The highest BCUT2D eigenvalue weighted by molar-refractivity contribution is 6.15. The van der Waals surface area contributed by atoms with Crippen LogP contribution in [-0.4, -0.2) is 0 Å². The molecule has 0 N–H and O–H groups in total. The fourth-order valence-corrected chi connectivity index (χ4v) is 4.18. The van der Waals surface area contributed by atoms with E-state index in [1.54, 1.807) is 49.9 Å². The van der Waals surface area contributed by atoms with Crippen molar-refractivity contribution in [3.8, 4) is 22.4 Å². The smallest absolute Gasteiger partial charge is 0.216 e. The van der Waals surface area contributed by atoms with Crippen molar-refractivity contribution < 1.29 is 20.0 Å². The Kier molecular flexibility index (Phi) is 3.39. The molecule has 5 rings (SSSR count). The van der Waals surface area contributed by atoms with E-state index in [9.17, 15) is 0 Å². The van der Waals surface area contributed by atoms with Gasteiger partial charge in [0.15, 0.2) is 11.9 Å². The number of hydrogen-bond donors (Lipinski definition) is 0. The number of nitrogens with zero attached hydrogens (tertiary/aromatic N) is 2. The van der Waals surface area contributed by atoms with Crippen molar-refractivity contribution in [2.75, 3.05) is 0 Å². The molecule has 0 saturated carbocycles. The van der Waals surface area contributed by atoms with Crippen LogP contribution in [0.3, 0.4) is 0 Å². The number of hydrogen-bond acceptors (Lipinski definition) is 1. The van der Waals surface area contributed by atoms with E-state index in [1.165, 1.54) is 0 Å². The standard InChI is InChI=1S/C30H27N2O/c1-19(2)17-21-15-16-32(5)26(18-21)27-20(3)11-12-23-24-13-14-25(31-4)28(30(24)33-29(23)27)22-9-7-6-8-10-22/h6-16,18-19H,17H2,1-3,5H3/q+1/i6D,7D,8D,9D,10D,15D,17D2. The summed E-state index contributed by atoms with van der Waals surface area (Å²) in [5.41, 5.74) is 3.13. The summed E-state index contributed by atoms with van der Waals surface area (Å²) in [4.78, 5) is 3.60. The maximum Gasteiger partial charge on any atom is 0.216 e. The van der Waals surface area contributed by atoms with Gasteiger partial charge in [0.25, 0.3) is 0 Å². The van der Waals surface area contributed by atoms with Crippen LogP contribution in [0.2, 0.25) is 0 Å². The second-order valence-electron chi connectivity index (χ2n) is 8.31. The predicted octanol–water partition coefficient (Wildman–Crippen LogP) is 7.80. The summed E-state index contributed by atoms with van der Waals surface area (Å²) in [6, 6.07) is 6.43. The van der Waals surface area contributed by atoms with Gasteiger partial charge in [-0.25, -0.2) is 9.41 Å². The van der Waals surface area contributed by atoms with Gasteiger partial charge in [-0.15, -0.1) is 0 Å². The van der Waals surface area contributed by atoms with Gasteiger partial charge in [-0.3, -0.25) is 0 Å². The first-order valence-corrected chi connectivity index (χ1v) is 10.7. The third kappa shape index (κ3) is 3.58. The normalized spacial score (nSPS) is 15.3. The summed E-state index contributed by atoms with van der Waals surface area (Å²) in [5.74, 6) is -0.373. The van der Waals surface area contributed by atoms with E-state index in [1.807, 2.05) is 19.1 Å². The second kappa shape index (κ2) is 8.22. The van der Waals surface area contributed by atoms with Crippen molar-refractivity contribution in [2.45, 2.75) is 27.1 Å². The van der Waals surface area contributed by atoms with Crippen LogP contribution >= 0.6 is 0 Å². The number of pyridine rings is 1. The average molecular weight is 440 g/mol. The fourth-order valence-electron chi connectivity index (χ4n) is 4.18.